The molecule has 150 valence electrons. The molecular formula is C24H27N3O2. The second kappa shape index (κ2) is 7.73. The number of hydrogen-bond donors (Lipinski definition) is 1. The van der Waals surface area contributed by atoms with Crippen molar-refractivity contribution in [2.24, 2.45) is 5.92 Å². The molecule has 2 aliphatic rings. The van der Waals surface area contributed by atoms with Gasteiger partial charge in [0, 0.05) is 43.0 Å². The monoisotopic (exact) mass is 389 g/mol. The van der Waals surface area contributed by atoms with Gasteiger partial charge >= 0.3 is 0 Å². The lowest BCUT2D eigenvalue weighted by atomic mass is 9.66. The Balaban J connectivity index is 1.35. The van der Waals surface area contributed by atoms with E-state index < -0.39 is 5.60 Å². The minimum atomic E-state index is -0.720. The maximum atomic E-state index is 11.7. The summed E-state index contributed by atoms with van der Waals surface area (Å²) in [6, 6.07) is 14.4. The van der Waals surface area contributed by atoms with Gasteiger partial charge in [0.1, 0.15) is 0 Å². The van der Waals surface area contributed by atoms with Crippen LogP contribution in [0.25, 0.3) is 11.6 Å². The third kappa shape index (κ3) is 3.49. The molecule has 5 nitrogen and oxygen atoms in total. The fourth-order valence-corrected chi connectivity index (χ4v) is 5.26. The lowest BCUT2D eigenvalue weighted by molar-refractivity contribution is -0.123. The highest BCUT2D eigenvalue weighted by Gasteiger charge is 2.48. The van der Waals surface area contributed by atoms with Crippen LogP contribution >= 0.6 is 0 Å². The van der Waals surface area contributed by atoms with Crippen molar-refractivity contribution in [1.82, 2.24) is 14.9 Å². The fraction of sp³-hybridized carbons (Fsp3) is 0.417. The van der Waals surface area contributed by atoms with Crippen molar-refractivity contribution in [3.63, 3.8) is 0 Å². The minimum Gasteiger partial charge on any atom is -0.461 e. The molecule has 2 fully saturated rings. The van der Waals surface area contributed by atoms with Crippen LogP contribution in [-0.4, -0.2) is 32.6 Å². The Kier molecular flexibility index (Phi) is 4.94. The Labute approximate surface area is 171 Å². The second-order valence-corrected chi connectivity index (χ2v) is 8.36. The van der Waals surface area contributed by atoms with Crippen LogP contribution < -0.4 is 0 Å². The van der Waals surface area contributed by atoms with Gasteiger partial charge in [0.15, 0.2) is 11.6 Å². The molecule has 0 radical (unpaired) electrons. The number of fused-ring (bicyclic) bond motifs is 1. The van der Waals surface area contributed by atoms with Gasteiger partial charge in [-0.25, -0.2) is 9.97 Å². The van der Waals surface area contributed by atoms with Gasteiger partial charge in [-0.3, -0.25) is 4.90 Å². The average molecular weight is 389 g/mol. The summed E-state index contributed by atoms with van der Waals surface area (Å²) >= 11 is 0. The fourth-order valence-electron chi connectivity index (χ4n) is 5.26. The molecule has 1 aromatic carbocycles. The van der Waals surface area contributed by atoms with Crippen LogP contribution in [0.1, 0.15) is 43.2 Å². The van der Waals surface area contributed by atoms with Crippen LogP contribution in [0.4, 0.5) is 0 Å². The number of aromatic nitrogens is 2. The van der Waals surface area contributed by atoms with E-state index in [2.05, 4.69) is 27.0 Å². The average Bonchev–Trinajstić information content (AvgIpc) is 3.32. The van der Waals surface area contributed by atoms with E-state index >= 15 is 0 Å². The van der Waals surface area contributed by atoms with E-state index in [1.54, 1.807) is 6.26 Å². The number of hydrogen-bond acceptors (Lipinski definition) is 5. The number of likely N-dealkylation sites (tertiary alicyclic amines) is 1. The lowest BCUT2D eigenvalue weighted by Crippen LogP contribution is -2.57. The van der Waals surface area contributed by atoms with E-state index in [0.29, 0.717) is 17.6 Å². The molecule has 0 spiro atoms. The van der Waals surface area contributed by atoms with Crippen LogP contribution in [0.15, 0.2) is 65.5 Å². The third-order valence-electron chi connectivity index (χ3n) is 6.70. The summed E-state index contributed by atoms with van der Waals surface area (Å²) in [5.74, 6) is 1.58. The van der Waals surface area contributed by atoms with Crippen molar-refractivity contribution >= 4 is 0 Å². The minimum absolute atomic E-state index is 0.274. The zero-order valence-electron chi connectivity index (χ0n) is 16.6. The van der Waals surface area contributed by atoms with Crippen LogP contribution in [0.5, 0.6) is 0 Å². The first kappa shape index (κ1) is 18.5. The molecule has 5 heteroatoms. The largest absolute Gasteiger partial charge is 0.461 e. The molecule has 0 amide bonds. The van der Waals surface area contributed by atoms with Gasteiger partial charge in [-0.15, -0.1) is 0 Å². The topological polar surface area (TPSA) is 62.4 Å². The smallest absolute Gasteiger partial charge is 0.195 e. The number of piperidine rings is 1. The first-order chi connectivity index (χ1) is 14.2. The Morgan fingerprint density at radius 3 is 2.59 bits per heavy atom. The molecule has 1 saturated carbocycles. The molecule has 0 unspecified atom stereocenters. The van der Waals surface area contributed by atoms with Gasteiger partial charge in [0.2, 0.25) is 0 Å². The van der Waals surface area contributed by atoms with Gasteiger partial charge in [-0.05, 0) is 37.0 Å². The molecule has 1 aliphatic heterocycles. The predicted octanol–water partition coefficient (Wildman–Crippen LogP) is 4.39. The van der Waals surface area contributed by atoms with Crippen molar-refractivity contribution < 1.29 is 9.52 Å². The first-order valence-electron chi connectivity index (χ1n) is 10.6. The summed E-state index contributed by atoms with van der Waals surface area (Å²) in [6.45, 7) is 1.71. The third-order valence-corrected chi connectivity index (χ3v) is 6.70. The van der Waals surface area contributed by atoms with Gasteiger partial charge in [0.05, 0.1) is 11.9 Å². The highest BCUT2D eigenvalue weighted by Crippen LogP contribution is 2.47. The lowest BCUT2D eigenvalue weighted by Gasteiger charge is -2.52. The van der Waals surface area contributed by atoms with E-state index in [9.17, 15) is 5.11 Å². The molecular weight excluding hydrogens is 362 g/mol. The van der Waals surface area contributed by atoms with Gasteiger partial charge < -0.3 is 9.52 Å². The van der Waals surface area contributed by atoms with Crippen LogP contribution in [0, 0.1) is 5.92 Å². The molecule has 1 aliphatic carbocycles. The summed E-state index contributed by atoms with van der Waals surface area (Å²) in [4.78, 5) is 11.5. The van der Waals surface area contributed by atoms with Crippen molar-refractivity contribution in [1.29, 1.82) is 0 Å². The molecule has 3 atom stereocenters. The van der Waals surface area contributed by atoms with Crippen molar-refractivity contribution in [3.8, 4) is 11.6 Å². The maximum absolute atomic E-state index is 11.7. The normalized spacial score (nSPS) is 27.5. The zero-order valence-corrected chi connectivity index (χ0v) is 16.6. The highest BCUT2D eigenvalue weighted by molar-refractivity contribution is 5.45. The van der Waals surface area contributed by atoms with Gasteiger partial charge in [-0.2, -0.15) is 0 Å². The second-order valence-electron chi connectivity index (χ2n) is 8.36. The zero-order chi connectivity index (χ0) is 19.7. The van der Waals surface area contributed by atoms with Gasteiger partial charge in [-0.1, -0.05) is 43.2 Å². The van der Waals surface area contributed by atoms with E-state index in [0.717, 1.165) is 43.5 Å². The van der Waals surface area contributed by atoms with E-state index in [1.165, 1.54) is 12.8 Å². The SMILES string of the molecule is O[C@@]1(c2ccccc2)CCN(Cc2cnc(-c3ccco3)nc2)[C@@H]2CCCC[C@@H]21. The first-order valence-corrected chi connectivity index (χ1v) is 10.6. The number of nitrogens with zero attached hydrogens (tertiary/aromatic N) is 3. The number of benzene rings is 1. The van der Waals surface area contributed by atoms with Gasteiger partial charge in [0.25, 0.3) is 0 Å². The molecule has 0 bridgehead atoms. The highest BCUT2D eigenvalue weighted by atomic mass is 16.3. The standard InChI is InChI=1S/C24H27N3O2/c28-24(19-7-2-1-3-8-19)12-13-27(21-10-5-4-9-20(21)24)17-18-15-25-23(26-16-18)22-11-6-14-29-22/h1-3,6-8,11,14-16,20-21,28H,4-5,9-10,12-13,17H2/t20-,21+,24+/m0/s1. The van der Waals surface area contributed by atoms with Crippen LogP contribution in [0.3, 0.4) is 0 Å². The predicted molar refractivity (Wildman–Crippen MR) is 111 cm³/mol. The summed E-state index contributed by atoms with van der Waals surface area (Å²) < 4.78 is 5.38. The summed E-state index contributed by atoms with van der Waals surface area (Å²) in [5.41, 5.74) is 1.46. The number of aliphatic hydroxyl groups is 1. The van der Waals surface area contributed by atoms with E-state index in [1.807, 2.05) is 42.7 Å². The molecule has 2 aromatic heterocycles. The summed E-state index contributed by atoms with van der Waals surface area (Å²) in [5, 5.41) is 11.7. The van der Waals surface area contributed by atoms with Crippen molar-refractivity contribution in [2.75, 3.05) is 6.54 Å². The van der Waals surface area contributed by atoms with E-state index in [-0.39, 0.29) is 5.92 Å². The summed E-state index contributed by atoms with van der Waals surface area (Å²) in [7, 11) is 0. The quantitative estimate of drug-likeness (QED) is 0.717. The molecule has 1 saturated heterocycles. The Hall–Kier alpha value is -2.50. The Morgan fingerprint density at radius 2 is 1.83 bits per heavy atom. The molecule has 29 heavy (non-hydrogen) atoms. The van der Waals surface area contributed by atoms with Crippen molar-refractivity contribution in [3.05, 3.63) is 72.2 Å². The Morgan fingerprint density at radius 1 is 1.03 bits per heavy atom. The molecule has 3 aromatic rings. The number of furan rings is 1. The number of rotatable bonds is 4. The Bertz CT molecular complexity index is 927. The summed E-state index contributed by atoms with van der Waals surface area (Å²) in [6.07, 6.45) is 10.9. The van der Waals surface area contributed by atoms with Crippen LogP contribution in [-0.2, 0) is 12.1 Å². The van der Waals surface area contributed by atoms with Crippen molar-refractivity contribution in [2.45, 2.75) is 50.3 Å². The van der Waals surface area contributed by atoms with Crippen LogP contribution in [0.2, 0.25) is 0 Å². The maximum Gasteiger partial charge on any atom is 0.195 e. The molecule has 1 N–H and O–H groups in total. The molecule has 3 heterocycles. The molecule has 5 rings (SSSR count). The van der Waals surface area contributed by atoms with E-state index in [4.69, 9.17) is 4.42 Å².